The van der Waals surface area contributed by atoms with Crippen LogP contribution < -0.4 is 15.2 Å². The van der Waals surface area contributed by atoms with Crippen LogP contribution in [0, 0.1) is 5.82 Å². The maximum Gasteiger partial charge on any atom is 0.274 e. The molecule has 160 valence electrons. The predicted octanol–water partition coefficient (Wildman–Crippen LogP) is 1.35. The van der Waals surface area contributed by atoms with Crippen LogP contribution in [0.1, 0.15) is 10.5 Å². The number of rotatable bonds is 5. The number of amides is 1. The molecular weight excluding hydrogens is 403 g/mol. The Labute approximate surface area is 177 Å². The number of nitrogens with zero attached hydrogens (tertiary/aromatic N) is 6. The second kappa shape index (κ2) is 8.13. The first kappa shape index (κ1) is 20.5. The van der Waals surface area contributed by atoms with E-state index >= 15 is 4.39 Å². The van der Waals surface area contributed by atoms with Gasteiger partial charge >= 0.3 is 0 Å². The first-order valence-corrected chi connectivity index (χ1v) is 9.60. The molecule has 2 aromatic heterocycles. The molecule has 9 nitrogen and oxygen atoms in total. The molecule has 0 saturated carbocycles. The van der Waals surface area contributed by atoms with Gasteiger partial charge < -0.3 is 14.5 Å². The molecule has 10 heteroatoms. The fraction of sp³-hybridized carbons (Fsp3) is 0.286. The molecule has 1 fully saturated rings. The Balaban J connectivity index is 1.47. The third-order valence-corrected chi connectivity index (χ3v) is 5.34. The van der Waals surface area contributed by atoms with E-state index in [-0.39, 0.29) is 34.7 Å². The average Bonchev–Trinajstić information content (AvgIpc) is 2.75. The number of carbonyl (C=O) groups excluding carboxylic acids is 1. The SMILES string of the molecule is COc1ccc(-c2ncnc(N3CC(N(C)C(=O)c4ccc(=O)n(C)n4)C3)c2F)cc1. The number of likely N-dealkylation sites (N-methyl/N-ethyl adjacent to an activating group) is 1. The minimum atomic E-state index is -0.514. The molecule has 0 atom stereocenters. The van der Waals surface area contributed by atoms with Gasteiger partial charge in [0.2, 0.25) is 0 Å². The van der Waals surface area contributed by atoms with Crippen molar-refractivity contribution in [1.29, 1.82) is 0 Å². The molecule has 0 bridgehead atoms. The highest BCUT2D eigenvalue weighted by Crippen LogP contribution is 2.30. The van der Waals surface area contributed by atoms with E-state index in [0.29, 0.717) is 24.4 Å². The Hall–Kier alpha value is -3.82. The van der Waals surface area contributed by atoms with Gasteiger partial charge in [0, 0.05) is 38.8 Å². The number of methoxy groups -OCH3 is 1. The molecule has 31 heavy (non-hydrogen) atoms. The molecule has 0 radical (unpaired) electrons. The standard InChI is InChI=1S/C21H21FN6O3/c1-26(21(30)16-8-9-17(29)27(2)25-16)14-10-28(11-14)20-18(22)19(23-12-24-20)13-4-6-15(31-3)7-5-13/h4-9,12,14H,10-11H2,1-3H3. The molecule has 1 aliphatic rings. The second-order valence-electron chi connectivity index (χ2n) is 7.24. The van der Waals surface area contributed by atoms with E-state index < -0.39 is 5.82 Å². The van der Waals surface area contributed by atoms with Crippen LogP contribution in [-0.2, 0) is 7.05 Å². The molecular formula is C21H21FN6O3. The summed E-state index contributed by atoms with van der Waals surface area (Å²) in [6.45, 7) is 0.841. The first-order chi connectivity index (χ1) is 14.9. The topological polar surface area (TPSA) is 93.5 Å². The lowest BCUT2D eigenvalue weighted by Gasteiger charge is -2.44. The number of hydrogen-bond donors (Lipinski definition) is 0. The van der Waals surface area contributed by atoms with Crippen LogP contribution in [0.15, 0.2) is 47.5 Å². The van der Waals surface area contributed by atoms with Crippen molar-refractivity contribution < 1.29 is 13.9 Å². The Kier molecular flexibility index (Phi) is 5.37. The fourth-order valence-electron chi connectivity index (χ4n) is 3.37. The van der Waals surface area contributed by atoms with Gasteiger partial charge in [0.15, 0.2) is 11.6 Å². The van der Waals surface area contributed by atoms with Crippen molar-refractivity contribution >= 4 is 11.7 Å². The van der Waals surface area contributed by atoms with Crippen LogP contribution >= 0.6 is 0 Å². The van der Waals surface area contributed by atoms with Gasteiger partial charge in [-0.15, -0.1) is 0 Å². The number of hydrogen-bond acceptors (Lipinski definition) is 7. The van der Waals surface area contributed by atoms with E-state index in [1.54, 1.807) is 48.2 Å². The highest BCUT2D eigenvalue weighted by molar-refractivity contribution is 5.92. The third-order valence-electron chi connectivity index (χ3n) is 5.34. The summed E-state index contributed by atoms with van der Waals surface area (Å²) in [5.41, 5.74) is 0.709. The largest absolute Gasteiger partial charge is 0.497 e. The highest BCUT2D eigenvalue weighted by Gasteiger charge is 2.36. The van der Waals surface area contributed by atoms with E-state index in [1.807, 2.05) is 0 Å². The van der Waals surface area contributed by atoms with E-state index in [1.165, 1.54) is 25.5 Å². The smallest absolute Gasteiger partial charge is 0.274 e. The maximum atomic E-state index is 15.1. The molecule has 1 amide bonds. The van der Waals surface area contributed by atoms with E-state index in [4.69, 9.17) is 4.74 Å². The van der Waals surface area contributed by atoms with Gasteiger partial charge in [0.05, 0.1) is 13.2 Å². The van der Waals surface area contributed by atoms with Gasteiger partial charge in [-0.1, -0.05) is 0 Å². The monoisotopic (exact) mass is 424 g/mol. The summed E-state index contributed by atoms with van der Waals surface area (Å²) in [5.74, 6) is 0.0463. The molecule has 1 aliphatic heterocycles. The van der Waals surface area contributed by atoms with Crippen molar-refractivity contribution in [2.24, 2.45) is 7.05 Å². The zero-order valence-electron chi connectivity index (χ0n) is 17.3. The second-order valence-corrected chi connectivity index (χ2v) is 7.24. The van der Waals surface area contributed by atoms with Crippen molar-refractivity contribution in [3.63, 3.8) is 0 Å². The lowest BCUT2D eigenvalue weighted by atomic mass is 10.1. The van der Waals surface area contributed by atoms with Crippen molar-refractivity contribution in [1.82, 2.24) is 24.6 Å². The number of ether oxygens (including phenoxy) is 1. The average molecular weight is 424 g/mol. The van der Waals surface area contributed by atoms with Crippen molar-refractivity contribution in [3.8, 4) is 17.0 Å². The Morgan fingerprint density at radius 2 is 1.87 bits per heavy atom. The number of aromatic nitrogens is 4. The zero-order valence-corrected chi connectivity index (χ0v) is 17.3. The van der Waals surface area contributed by atoms with Gasteiger partial charge in [-0.3, -0.25) is 9.59 Å². The van der Waals surface area contributed by atoms with Crippen LogP contribution in [0.3, 0.4) is 0 Å². The molecule has 1 saturated heterocycles. The van der Waals surface area contributed by atoms with Gasteiger partial charge in [0.25, 0.3) is 11.5 Å². The normalized spacial score (nSPS) is 13.6. The molecule has 0 aliphatic carbocycles. The summed E-state index contributed by atoms with van der Waals surface area (Å²) >= 11 is 0. The summed E-state index contributed by atoms with van der Waals surface area (Å²) in [4.78, 5) is 35.6. The number of aryl methyl sites for hydroxylation is 1. The van der Waals surface area contributed by atoms with Crippen LogP contribution in [-0.4, -0.2) is 63.8 Å². The van der Waals surface area contributed by atoms with Gasteiger partial charge in [-0.2, -0.15) is 5.10 Å². The van der Waals surface area contributed by atoms with E-state index in [2.05, 4.69) is 15.1 Å². The summed E-state index contributed by atoms with van der Waals surface area (Å²) in [6, 6.07) is 9.53. The maximum absolute atomic E-state index is 15.1. The molecule has 4 rings (SSSR count). The first-order valence-electron chi connectivity index (χ1n) is 9.60. The number of halogens is 1. The quantitative estimate of drug-likeness (QED) is 0.610. The molecule has 3 heterocycles. The van der Waals surface area contributed by atoms with Gasteiger partial charge in [0.1, 0.15) is 23.5 Å². The van der Waals surface area contributed by atoms with E-state index in [0.717, 1.165) is 4.68 Å². The lowest BCUT2D eigenvalue weighted by molar-refractivity contribution is 0.0696. The fourth-order valence-corrected chi connectivity index (χ4v) is 3.37. The molecule has 0 N–H and O–H groups in total. The summed E-state index contributed by atoms with van der Waals surface area (Å²) in [6.07, 6.45) is 1.33. The molecule has 0 spiro atoms. The van der Waals surface area contributed by atoms with Crippen LogP contribution in [0.5, 0.6) is 5.75 Å². The minimum Gasteiger partial charge on any atom is -0.497 e. The number of anilines is 1. The van der Waals surface area contributed by atoms with Crippen molar-refractivity contribution in [2.75, 3.05) is 32.1 Å². The summed E-state index contributed by atoms with van der Waals surface area (Å²) < 4.78 is 21.4. The number of carbonyl (C=O) groups is 1. The van der Waals surface area contributed by atoms with Gasteiger partial charge in [-0.05, 0) is 30.3 Å². The molecule has 1 aromatic carbocycles. The Bertz CT molecular complexity index is 1170. The third kappa shape index (κ3) is 3.83. The molecule has 3 aromatic rings. The summed E-state index contributed by atoms with van der Waals surface area (Å²) in [5, 5.41) is 3.99. The predicted molar refractivity (Wildman–Crippen MR) is 112 cm³/mol. The van der Waals surface area contributed by atoms with Crippen LogP contribution in [0.25, 0.3) is 11.3 Å². The van der Waals surface area contributed by atoms with Crippen LogP contribution in [0.2, 0.25) is 0 Å². The van der Waals surface area contributed by atoms with E-state index in [9.17, 15) is 9.59 Å². The zero-order chi connectivity index (χ0) is 22.1. The van der Waals surface area contributed by atoms with Crippen LogP contribution in [0.4, 0.5) is 10.2 Å². The number of benzene rings is 1. The van der Waals surface area contributed by atoms with Crippen molar-refractivity contribution in [2.45, 2.75) is 6.04 Å². The highest BCUT2D eigenvalue weighted by atomic mass is 19.1. The summed E-state index contributed by atoms with van der Waals surface area (Å²) in [7, 11) is 4.72. The van der Waals surface area contributed by atoms with Gasteiger partial charge in [-0.25, -0.2) is 19.0 Å². The lowest BCUT2D eigenvalue weighted by Crippen LogP contribution is -2.60. The Morgan fingerprint density at radius 1 is 1.16 bits per heavy atom. The van der Waals surface area contributed by atoms with Crippen molar-refractivity contribution in [3.05, 3.63) is 64.6 Å². The molecule has 0 unspecified atom stereocenters. The minimum absolute atomic E-state index is 0.134. The Morgan fingerprint density at radius 3 is 2.52 bits per heavy atom.